The smallest absolute Gasteiger partial charge is 0.248 e. The first-order valence-electron chi connectivity index (χ1n) is 16.7. The predicted molar refractivity (Wildman–Crippen MR) is 174 cm³/mol. The maximum absolute atomic E-state index is 14.7. The summed E-state index contributed by atoms with van der Waals surface area (Å²) in [5.74, 6) is -1.76. The van der Waals surface area contributed by atoms with Gasteiger partial charge in [0.25, 0.3) is 0 Å². The van der Waals surface area contributed by atoms with E-state index in [1.807, 2.05) is 38.1 Å². The van der Waals surface area contributed by atoms with Gasteiger partial charge in [0.2, 0.25) is 17.7 Å². The van der Waals surface area contributed by atoms with Gasteiger partial charge < -0.3 is 34.0 Å². The van der Waals surface area contributed by atoms with Gasteiger partial charge in [-0.25, -0.2) is 0 Å². The van der Waals surface area contributed by atoms with E-state index in [2.05, 4.69) is 18.1 Å². The molecule has 5 rings (SSSR count). The van der Waals surface area contributed by atoms with Crippen LogP contribution in [0.1, 0.15) is 40.0 Å². The number of nitrogens with zero attached hydrogens (tertiary/aromatic N) is 4. The molecule has 4 saturated heterocycles. The lowest BCUT2D eigenvalue weighted by atomic mass is 9.64. The Morgan fingerprint density at radius 2 is 1.80 bits per heavy atom. The molecule has 4 heterocycles. The van der Waals surface area contributed by atoms with Gasteiger partial charge >= 0.3 is 0 Å². The molecule has 0 aromatic heterocycles. The summed E-state index contributed by atoms with van der Waals surface area (Å²) >= 11 is 0. The molecule has 0 saturated carbocycles. The second-order valence-corrected chi connectivity index (χ2v) is 12.8. The van der Waals surface area contributed by atoms with Crippen molar-refractivity contribution >= 4 is 23.4 Å². The molecule has 4 aliphatic rings. The van der Waals surface area contributed by atoms with Crippen molar-refractivity contribution in [1.82, 2.24) is 14.7 Å². The Morgan fingerprint density at radius 3 is 2.41 bits per heavy atom. The van der Waals surface area contributed by atoms with Gasteiger partial charge in [-0.05, 0) is 57.4 Å². The van der Waals surface area contributed by atoms with Crippen LogP contribution in [0.25, 0.3) is 0 Å². The number of fused-ring (bicyclic) bond motifs is 1. The number of aliphatic hydroxyl groups is 1. The molecule has 1 aromatic carbocycles. The van der Waals surface area contributed by atoms with E-state index in [0.29, 0.717) is 70.2 Å². The molecular weight excluding hydrogens is 588 g/mol. The highest BCUT2D eigenvalue weighted by molar-refractivity contribution is 6.03. The maximum Gasteiger partial charge on any atom is 0.248 e. The molecule has 11 heteroatoms. The topological polar surface area (TPSA) is 112 Å². The quantitative estimate of drug-likeness (QED) is 0.292. The lowest BCUT2D eigenvalue weighted by Gasteiger charge is -2.39. The van der Waals surface area contributed by atoms with E-state index in [1.54, 1.807) is 28.9 Å². The number of aliphatic hydroxyl groups excluding tert-OH is 1. The first kappa shape index (κ1) is 34.1. The molecule has 0 aliphatic carbocycles. The molecule has 2 bridgehead atoms. The van der Waals surface area contributed by atoms with Crippen LogP contribution in [-0.4, -0.2) is 127 Å². The van der Waals surface area contributed by atoms with Crippen molar-refractivity contribution in [2.75, 3.05) is 70.6 Å². The highest BCUT2D eigenvalue weighted by Crippen LogP contribution is 2.65. The van der Waals surface area contributed by atoms with Crippen molar-refractivity contribution in [3.63, 3.8) is 0 Å². The number of carbonyl (C=O) groups is 3. The Labute approximate surface area is 272 Å². The molecule has 1 spiro atoms. The average molecular weight is 639 g/mol. The highest BCUT2D eigenvalue weighted by atomic mass is 16.5. The summed E-state index contributed by atoms with van der Waals surface area (Å²) in [7, 11) is 0. The Kier molecular flexibility index (Phi) is 10.6. The Morgan fingerprint density at radius 1 is 1.11 bits per heavy atom. The van der Waals surface area contributed by atoms with Crippen molar-refractivity contribution in [1.29, 1.82) is 0 Å². The van der Waals surface area contributed by atoms with Crippen LogP contribution < -0.4 is 9.64 Å². The zero-order chi connectivity index (χ0) is 33.1. The fourth-order valence-electron chi connectivity index (χ4n) is 8.09. The van der Waals surface area contributed by atoms with Gasteiger partial charge in [-0.2, -0.15) is 0 Å². The molecule has 2 unspecified atom stereocenters. The van der Waals surface area contributed by atoms with Crippen LogP contribution in [0, 0.1) is 11.8 Å². The highest BCUT2D eigenvalue weighted by Gasteiger charge is 2.79. The summed E-state index contributed by atoms with van der Waals surface area (Å²) in [4.78, 5) is 51.2. The van der Waals surface area contributed by atoms with Gasteiger partial charge in [0.15, 0.2) is 0 Å². The number of carbonyl (C=O) groups excluding carboxylic acids is 3. The average Bonchev–Trinajstić information content (AvgIpc) is 3.69. The summed E-state index contributed by atoms with van der Waals surface area (Å²) in [6, 6.07) is 5.70. The van der Waals surface area contributed by atoms with Crippen LogP contribution >= 0.6 is 0 Å². The van der Waals surface area contributed by atoms with Crippen molar-refractivity contribution in [3.8, 4) is 5.75 Å². The number of amides is 3. The van der Waals surface area contributed by atoms with Gasteiger partial charge in [0.05, 0.1) is 49.9 Å². The van der Waals surface area contributed by atoms with E-state index in [0.717, 1.165) is 13.1 Å². The molecular formula is C35H50N4O7. The molecule has 1 N–H and O–H groups in total. The van der Waals surface area contributed by atoms with Crippen LogP contribution in [0.2, 0.25) is 0 Å². The molecule has 11 nitrogen and oxygen atoms in total. The minimum absolute atomic E-state index is 0.231. The van der Waals surface area contributed by atoms with Gasteiger partial charge in [0.1, 0.15) is 17.4 Å². The van der Waals surface area contributed by atoms with Gasteiger partial charge in [-0.15, -0.1) is 13.2 Å². The number of morpholine rings is 1. The third-order valence-corrected chi connectivity index (χ3v) is 10.3. The van der Waals surface area contributed by atoms with E-state index in [-0.39, 0.29) is 30.9 Å². The van der Waals surface area contributed by atoms with E-state index >= 15 is 0 Å². The standard InChI is InChI=1S/C35H50N4O7/c1-6-16-37(19-18-36-20-22-44-23-21-36)33(43)30-35-15-14-34(8-3,46-35)28(29(35)32(42)39(30)25(5)24-40)31(41)38(17-7-2)26-10-12-27(13-11-26)45-9-4/h6-7,10-13,25,28-30,40H,1-2,8-9,14-24H2,3-5H3/t25-,28-,29+,30?,34+,35?/m1/s1. The van der Waals surface area contributed by atoms with Crippen LogP contribution in [0.15, 0.2) is 49.6 Å². The predicted octanol–water partition coefficient (Wildman–Crippen LogP) is 2.49. The summed E-state index contributed by atoms with van der Waals surface area (Å²) in [5.41, 5.74) is -1.42. The van der Waals surface area contributed by atoms with Crippen LogP contribution in [0.3, 0.4) is 0 Å². The molecule has 252 valence electrons. The van der Waals surface area contributed by atoms with Gasteiger partial charge in [0, 0.05) is 45.0 Å². The van der Waals surface area contributed by atoms with Crippen molar-refractivity contribution in [3.05, 3.63) is 49.6 Å². The summed E-state index contributed by atoms with van der Waals surface area (Å²) in [6.07, 6.45) is 4.91. The van der Waals surface area contributed by atoms with Crippen molar-refractivity contribution < 1.29 is 33.7 Å². The first-order valence-corrected chi connectivity index (χ1v) is 16.7. The zero-order valence-corrected chi connectivity index (χ0v) is 27.6. The third-order valence-electron chi connectivity index (χ3n) is 10.3. The van der Waals surface area contributed by atoms with Gasteiger partial charge in [-0.3, -0.25) is 19.3 Å². The zero-order valence-electron chi connectivity index (χ0n) is 27.6. The van der Waals surface area contributed by atoms with Gasteiger partial charge in [-0.1, -0.05) is 19.1 Å². The lowest BCUT2D eigenvalue weighted by molar-refractivity contribution is -0.155. The van der Waals surface area contributed by atoms with Crippen molar-refractivity contribution in [2.24, 2.45) is 11.8 Å². The number of benzene rings is 1. The number of ether oxygens (including phenoxy) is 3. The number of anilines is 1. The minimum atomic E-state index is -1.19. The Hall–Kier alpha value is -3.25. The number of hydrogen-bond acceptors (Lipinski definition) is 8. The van der Waals surface area contributed by atoms with E-state index in [9.17, 15) is 19.5 Å². The number of likely N-dealkylation sites (tertiary alicyclic amines) is 1. The van der Waals surface area contributed by atoms with E-state index in [1.165, 1.54) is 4.90 Å². The third kappa shape index (κ3) is 5.87. The lowest BCUT2D eigenvalue weighted by Crippen LogP contribution is -2.59. The van der Waals surface area contributed by atoms with Crippen molar-refractivity contribution in [2.45, 2.75) is 63.3 Å². The number of hydrogen-bond donors (Lipinski definition) is 1. The van der Waals surface area contributed by atoms with E-state index in [4.69, 9.17) is 14.2 Å². The molecule has 1 aromatic rings. The van der Waals surface area contributed by atoms with Crippen LogP contribution in [0.4, 0.5) is 5.69 Å². The SMILES string of the molecule is C=CCN(CCN1CCOCC1)C(=O)C1N([C@H](C)CO)C(=O)[C@@H]2[C@H](C(=O)N(CC=C)c3ccc(OCC)cc3)[C@]3(CC)CCC12O3. The molecule has 4 fully saturated rings. The Balaban J connectivity index is 1.51. The second kappa shape index (κ2) is 14.3. The summed E-state index contributed by atoms with van der Waals surface area (Å²) < 4.78 is 18.1. The molecule has 6 atom stereocenters. The molecule has 3 amide bonds. The minimum Gasteiger partial charge on any atom is -0.494 e. The molecule has 46 heavy (non-hydrogen) atoms. The second-order valence-electron chi connectivity index (χ2n) is 12.8. The fraction of sp³-hybridized carbons (Fsp3) is 0.629. The molecule has 4 aliphatic heterocycles. The monoisotopic (exact) mass is 638 g/mol. The normalized spacial score (nSPS) is 29.3. The number of rotatable bonds is 15. The van der Waals surface area contributed by atoms with Crippen LogP contribution in [0.5, 0.6) is 5.75 Å². The maximum atomic E-state index is 14.7. The van der Waals surface area contributed by atoms with E-state index < -0.39 is 35.1 Å². The fourth-order valence-corrected chi connectivity index (χ4v) is 8.09. The summed E-state index contributed by atoms with van der Waals surface area (Å²) in [6.45, 7) is 18.2. The molecule has 0 radical (unpaired) electrons. The summed E-state index contributed by atoms with van der Waals surface area (Å²) in [5, 5.41) is 10.3. The largest absolute Gasteiger partial charge is 0.494 e. The van der Waals surface area contributed by atoms with Crippen LogP contribution in [-0.2, 0) is 23.9 Å². The Bertz CT molecular complexity index is 1280. The first-order chi connectivity index (χ1) is 22.2.